The van der Waals surface area contributed by atoms with E-state index in [-0.39, 0.29) is 0 Å². The van der Waals surface area contributed by atoms with Gasteiger partial charge in [-0.1, -0.05) is 17.7 Å². The van der Waals surface area contributed by atoms with Gasteiger partial charge < -0.3 is 10.1 Å². The normalized spacial score (nSPS) is 11.7. The summed E-state index contributed by atoms with van der Waals surface area (Å²) in [6.45, 7) is 0.975. The number of ether oxygens (including phenoxy) is 1. The van der Waals surface area contributed by atoms with E-state index >= 15 is 0 Å². The second-order valence-corrected chi connectivity index (χ2v) is 2.28. The van der Waals surface area contributed by atoms with E-state index in [9.17, 15) is 8.78 Å². The molecule has 0 aliphatic carbocycles. The molecule has 0 amide bonds. The Labute approximate surface area is 75.5 Å². The van der Waals surface area contributed by atoms with Crippen molar-refractivity contribution in [2.45, 2.75) is 6.43 Å². The summed E-state index contributed by atoms with van der Waals surface area (Å²) < 4.78 is 27.6. The first-order valence-corrected chi connectivity index (χ1v) is 4.03. The van der Waals surface area contributed by atoms with Crippen LogP contribution in [0.15, 0.2) is 11.6 Å². The van der Waals surface area contributed by atoms with E-state index in [4.69, 9.17) is 11.6 Å². The third-order valence-corrected chi connectivity index (χ3v) is 1.20. The Bertz CT molecular complexity index is 122. The molecule has 0 aliphatic rings. The molecule has 0 saturated heterocycles. The van der Waals surface area contributed by atoms with E-state index in [1.165, 1.54) is 5.54 Å². The SMILES string of the molecule is FC(F)COCCNC/C=C/Cl. The van der Waals surface area contributed by atoms with Gasteiger partial charge in [-0.15, -0.1) is 0 Å². The van der Waals surface area contributed by atoms with E-state index in [2.05, 4.69) is 10.1 Å². The number of hydrogen-bond acceptors (Lipinski definition) is 2. The Morgan fingerprint density at radius 3 is 2.83 bits per heavy atom. The minimum atomic E-state index is -2.38. The van der Waals surface area contributed by atoms with Crippen molar-refractivity contribution in [3.05, 3.63) is 11.6 Å². The molecule has 0 saturated carbocycles. The standard InChI is InChI=1S/C7H12ClF2NO/c8-2-1-3-11-4-5-12-6-7(9)10/h1-2,7,11H,3-6H2/b2-1+. The molecule has 0 aromatic rings. The van der Waals surface area contributed by atoms with Gasteiger partial charge in [0, 0.05) is 18.6 Å². The summed E-state index contributed by atoms with van der Waals surface area (Å²) in [5.74, 6) is 0. The highest BCUT2D eigenvalue weighted by Gasteiger charge is 1.99. The lowest BCUT2D eigenvalue weighted by Crippen LogP contribution is -2.20. The van der Waals surface area contributed by atoms with E-state index < -0.39 is 13.0 Å². The van der Waals surface area contributed by atoms with E-state index in [1.807, 2.05) is 0 Å². The number of nitrogens with one attached hydrogen (secondary N) is 1. The van der Waals surface area contributed by atoms with Crippen molar-refractivity contribution >= 4 is 11.6 Å². The van der Waals surface area contributed by atoms with Gasteiger partial charge in [-0.25, -0.2) is 8.78 Å². The summed E-state index contributed by atoms with van der Waals surface area (Å²) in [6, 6.07) is 0. The molecule has 0 rings (SSSR count). The zero-order valence-electron chi connectivity index (χ0n) is 6.60. The van der Waals surface area contributed by atoms with Gasteiger partial charge in [0.1, 0.15) is 6.61 Å². The van der Waals surface area contributed by atoms with Gasteiger partial charge >= 0.3 is 0 Å². The summed E-state index contributed by atoms with van der Waals surface area (Å²) >= 11 is 5.23. The molecule has 0 radical (unpaired) electrons. The smallest absolute Gasteiger partial charge is 0.261 e. The number of hydrogen-bond donors (Lipinski definition) is 1. The minimum absolute atomic E-state index is 0.292. The zero-order valence-corrected chi connectivity index (χ0v) is 7.36. The summed E-state index contributed by atoms with van der Waals surface area (Å²) in [4.78, 5) is 0. The van der Waals surface area contributed by atoms with Crippen LogP contribution in [-0.4, -0.2) is 32.7 Å². The molecule has 72 valence electrons. The van der Waals surface area contributed by atoms with Crippen LogP contribution in [0.4, 0.5) is 8.78 Å². The average Bonchev–Trinajstić information content (AvgIpc) is 2.02. The Balaban J connectivity index is 2.91. The second-order valence-electron chi connectivity index (χ2n) is 2.03. The largest absolute Gasteiger partial charge is 0.374 e. The van der Waals surface area contributed by atoms with Crippen LogP contribution in [0.2, 0.25) is 0 Å². The maximum absolute atomic E-state index is 11.5. The van der Waals surface area contributed by atoms with Crippen molar-refractivity contribution in [2.24, 2.45) is 0 Å². The first-order chi connectivity index (χ1) is 5.77. The minimum Gasteiger partial charge on any atom is -0.374 e. The number of halogens is 3. The molecule has 0 bridgehead atoms. The fraction of sp³-hybridized carbons (Fsp3) is 0.714. The van der Waals surface area contributed by atoms with Crippen molar-refractivity contribution < 1.29 is 13.5 Å². The quantitative estimate of drug-likeness (QED) is 0.629. The van der Waals surface area contributed by atoms with Gasteiger partial charge in [0.25, 0.3) is 6.43 Å². The third kappa shape index (κ3) is 9.81. The number of alkyl halides is 2. The molecule has 0 spiro atoms. The lowest BCUT2D eigenvalue weighted by Gasteiger charge is -2.02. The molecular formula is C7H12ClF2NO. The van der Waals surface area contributed by atoms with Gasteiger partial charge in [-0.2, -0.15) is 0 Å². The van der Waals surface area contributed by atoms with Gasteiger partial charge in [0.15, 0.2) is 0 Å². The van der Waals surface area contributed by atoms with Crippen LogP contribution in [0.3, 0.4) is 0 Å². The van der Waals surface area contributed by atoms with E-state index in [0.29, 0.717) is 19.7 Å². The lowest BCUT2D eigenvalue weighted by atomic mass is 10.6. The Morgan fingerprint density at radius 2 is 2.25 bits per heavy atom. The molecule has 2 nitrogen and oxygen atoms in total. The lowest BCUT2D eigenvalue weighted by molar-refractivity contribution is 0.0190. The second kappa shape index (κ2) is 8.90. The molecular weight excluding hydrogens is 188 g/mol. The van der Waals surface area contributed by atoms with E-state index in [0.717, 1.165) is 0 Å². The molecule has 5 heteroatoms. The Hall–Kier alpha value is -0.190. The maximum atomic E-state index is 11.5. The highest BCUT2D eigenvalue weighted by molar-refractivity contribution is 6.25. The first kappa shape index (κ1) is 11.8. The maximum Gasteiger partial charge on any atom is 0.261 e. The molecule has 1 N–H and O–H groups in total. The van der Waals surface area contributed by atoms with Crippen LogP contribution in [0.1, 0.15) is 0 Å². The summed E-state index contributed by atoms with van der Waals surface area (Å²) in [6.07, 6.45) is -0.665. The summed E-state index contributed by atoms with van der Waals surface area (Å²) in [7, 11) is 0. The predicted molar refractivity (Wildman–Crippen MR) is 44.7 cm³/mol. The molecule has 0 fully saturated rings. The van der Waals surface area contributed by atoms with Crippen LogP contribution in [0, 0.1) is 0 Å². The van der Waals surface area contributed by atoms with E-state index in [1.54, 1.807) is 6.08 Å². The molecule has 0 aromatic heterocycles. The van der Waals surface area contributed by atoms with Crippen molar-refractivity contribution in [3.8, 4) is 0 Å². The molecule has 12 heavy (non-hydrogen) atoms. The van der Waals surface area contributed by atoms with Gasteiger partial charge in [0.2, 0.25) is 0 Å². The number of rotatable bonds is 7. The average molecular weight is 200 g/mol. The molecule has 0 atom stereocenters. The Kier molecular flexibility index (Phi) is 8.76. The Morgan fingerprint density at radius 1 is 1.50 bits per heavy atom. The van der Waals surface area contributed by atoms with Gasteiger partial charge in [-0.3, -0.25) is 0 Å². The molecule has 0 aliphatic heterocycles. The fourth-order valence-corrected chi connectivity index (χ4v) is 0.636. The van der Waals surface area contributed by atoms with Gasteiger partial charge in [-0.05, 0) is 0 Å². The predicted octanol–water partition coefficient (Wildman–Crippen LogP) is 1.61. The highest BCUT2D eigenvalue weighted by Crippen LogP contribution is 1.91. The highest BCUT2D eigenvalue weighted by atomic mass is 35.5. The van der Waals surface area contributed by atoms with Gasteiger partial charge in [0.05, 0.1) is 6.61 Å². The van der Waals surface area contributed by atoms with Crippen LogP contribution in [-0.2, 0) is 4.74 Å². The van der Waals surface area contributed by atoms with Crippen molar-refractivity contribution in [2.75, 3.05) is 26.3 Å². The summed E-state index contributed by atoms with van der Waals surface area (Å²) in [5, 5.41) is 2.92. The molecule has 0 heterocycles. The van der Waals surface area contributed by atoms with Crippen LogP contribution < -0.4 is 5.32 Å². The van der Waals surface area contributed by atoms with Crippen molar-refractivity contribution in [1.82, 2.24) is 5.32 Å². The first-order valence-electron chi connectivity index (χ1n) is 3.59. The van der Waals surface area contributed by atoms with Crippen LogP contribution in [0.5, 0.6) is 0 Å². The molecule has 0 aromatic carbocycles. The zero-order chi connectivity index (χ0) is 9.23. The van der Waals surface area contributed by atoms with Crippen molar-refractivity contribution in [3.63, 3.8) is 0 Å². The monoisotopic (exact) mass is 199 g/mol. The van der Waals surface area contributed by atoms with Crippen molar-refractivity contribution in [1.29, 1.82) is 0 Å². The molecule has 0 unspecified atom stereocenters. The topological polar surface area (TPSA) is 21.3 Å². The summed E-state index contributed by atoms with van der Waals surface area (Å²) in [5.41, 5.74) is 1.40. The van der Waals surface area contributed by atoms with Crippen LogP contribution in [0.25, 0.3) is 0 Å². The fourth-order valence-electron chi connectivity index (χ4n) is 0.547. The third-order valence-electron chi connectivity index (χ3n) is 1.02. The van der Waals surface area contributed by atoms with Crippen LogP contribution >= 0.6 is 11.6 Å².